The molecule has 11 heavy (non-hydrogen) atoms. The second kappa shape index (κ2) is 2.89. The van der Waals surface area contributed by atoms with Gasteiger partial charge in [0.2, 0.25) is 0 Å². The van der Waals surface area contributed by atoms with Crippen LogP contribution in [0.1, 0.15) is 0 Å². The van der Waals surface area contributed by atoms with Gasteiger partial charge in [-0.3, -0.25) is 0 Å². The van der Waals surface area contributed by atoms with Crippen molar-refractivity contribution in [2.24, 2.45) is 0 Å². The second-order valence-electron chi connectivity index (χ2n) is 2.47. The molecule has 1 aromatic carbocycles. The van der Waals surface area contributed by atoms with Crippen molar-refractivity contribution in [2.45, 2.75) is 4.94 Å². The molecule has 2 rings (SSSR count). The van der Waals surface area contributed by atoms with E-state index in [1.165, 1.54) is 10.9 Å². The molecule has 0 amide bonds. The molecule has 0 bridgehead atoms. The molecule has 54 valence electrons. The Bertz CT molecular complexity index is 364. The molecule has 0 aliphatic rings. The normalized spacial score (nSPS) is 10.6. The predicted octanol–water partition coefficient (Wildman–Crippen LogP) is 2.16. The van der Waals surface area contributed by atoms with Crippen LogP contribution in [0.3, 0.4) is 0 Å². The zero-order valence-corrected chi connectivity index (χ0v) is 9.27. The first-order chi connectivity index (χ1) is 5.42. The Morgan fingerprint density at radius 2 is 2.00 bits per heavy atom. The van der Waals surface area contributed by atoms with Crippen molar-refractivity contribution in [3.63, 3.8) is 0 Å². The fourth-order valence-corrected chi connectivity index (χ4v) is 3.18. The Labute approximate surface area is 76.6 Å². The molecular weight excluding hydrogens is 241 g/mol. The monoisotopic (exact) mass is 251 g/mol. The molecule has 0 aliphatic heterocycles. The molecule has 0 atom stereocenters. The quantitative estimate of drug-likeness (QED) is 0.683. The second-order valence-corrected chi connectivity index (χ2v) is 5.12. The van der Waals surface area contributed by atoms with Crippen LogP contribution in [0.2, 0.25) is 4.94 Å². The Morgan fingerprint density at radius 3 is 2.82 bits per heavy atom. The van der Waals surface area contributed by atoms with Gasteiger partial charge in [0, 0.05) is 0 Å². The van der Waals surface area contributed by atoms with Gasteiger partial charge in [-0.05, 0) is 0 Å². The molecule has 0 fully saturated rings. The molecule has 0 saturated heterocycles. The SMILES string of the molecule is [CH3][Sn][n]1ccc2ccccc21. The van der Waals surface area contributed by atoms with E-state index in [0.717, 1.165) is 0 Å². The topological polar surface area (TPSA) is 4.93 Å². The van der Waals surface area contributed by atoms with Gasteiger partial charge in [-0.2, -0.15) is 0 Å². The molecule has 0 N–H and O–H groups in total. The van der Waals surface area contributed by atoms with Crippen LogP contribution in [0.5, 0.6) is 0 Å². The first-order valence-corrected chi connectivity index (χ1v) is 7.79. The maximum atomic E-state index is 2.42. The third-order valence-electron chi connectivity index (χ3n) is 1.84. The summed E-state index contributed by atoms with van der Waals surface area (Å²) in [4.78, 5) is 2.33. The van der Waals surface area contributed by atoms with E-state index in [-0.39, 0.29) is 21.4 Å². The van der Waals surface area contributed by atoms with Gasteiger partial charge in [0.15, 0.2) is 0 Å². The van der Waals surface area contributed by atoms with Crippen molar-refractivity contribution in [2.75, 3.05) is 0 Å². The van der Waals surface area contributed by atoms with Crippen molar-refractivity contribution in [3.05, 3.63) is 36.5 Å². The Kier molecular flexibility index (Phi) is 1.90. The van der Waals surface area contributed by atoms with Gasteiger partial charge in [-0.1, -0.05) is 0 Å². The Morgan fingerprint density at radius 1 is 1.18 bits per heavy atom. The van der Waals surface area contributed by atoms with E-state index in [9.17, 15) is 0 Å². The average molecular weight is 250 g/mol. The summed E-state index contributed by atoms with van der Waals surface area (Å²) < 4.78 is 2.42. The van der Waals surface area contributed by atoms with E-state index >= 15 is 0 Å². The number of fused-ring (bicyclic) bond motifs is 1. The molecule has 0 spiro atoms. The van der Waals surface area contributed by atoms with E-state index in [1.54, 1.807) is 0 Å². The number of para-hydroxylation sites is 1. The Hall–Kier alpha value is -0.441. The average Bonchev–Trinajstić information content (AvgIpc) is 2.47. The maximum absolute atomic E-state index is 2.42. The molecule has 2 heteroatoms. The minimum atomic E-state index is -0.323. The molecule has 0 unspecified atom stereocenters. The van der Waals surface area contributed by atoms with Gasteiger partial charge in [0.1, 0.15) is 0 Å². The van der Waals surface area contributed by atoms with Crippen LogP contribution in [0.15, 0.2) is 36.5 Å². The van der Waals surface area contributed by atoms with Crippen LogP contribution in [0, 0.1) is 0 Å². The van der Waals surface area contributed by atoms with Gasteiger partial charge in [0.25, 0.3) is 0 Å². The molecular formula is C9H9NSn. The first kappa shape index (κ1) is 7.22. The van der Waals surface area contributed by atoms with Gasteiger partial charge in [0.05, 0.1) is 0 Å². The molecule has 0 aliphatic carbocycles. The van der Waals surface area contributed by atoms with Crippen LogP contribution >= 0.6 is 0 Å². The van der Waals surface area contributed by atoms with Crippen LogP contribution in [-0.4, -0.2) is 24.2 Å². The summed E-state index contributed by atoms with van der Waals surface area (Å²) >= 11 is -0.323. The third-order valence-corrected chi connectivity index (χ3v) is 4.33. The summed E-state index contributed by atoms with van der Waals surface area (Å²) in [5.41, 5.74) is 1.40. The zero-order chi connectivity index (χ0) is 7.68. The van der Waals surface area contributed by atoms with E-state index in [4.69, 9.17) is 0 Å². The zero-order valence-electron chi connectivity index (χ0n) is 6.41. The number of hydrogen-bond acceptors (Lipinski definition) is 0. The van der Waals surface area contributed by atoms with Crippen molar-refractivity contribution in [1.82, 2.24) is 2.79 Å². The summed E-state index contributed by atoms with van der Waals surface area (Å²) in [5.74, 6) is 0. The summed E-state index contributed by atoms with van der Waals surface area (Å²) in [6, 6.07) is 10.8. The van der Waals surface area contributed by atoms with E-state index in [1.807, 2.05) is 0 Å². The number of aromatic nitrogens is 1. The van der Waals surface area contributed by atoms with Crippen molar-refractivity contribution < 1.29 is 0 Å². The van der Waals surface area contributed by atoms with Crippen LogP contribution in [-0.2, 0) is 0 Å². The molecule has 1 heterocycles. The molecule has 0 saturated carbocycles. The van der Waals surface area contributed by atoms with E-state index in [0.29, 0.717) is 0 Å². The first-order valence-electron chi connectivity index (χ1n) is 3.65. The van der Waals surface area contributed by atoms with Crippen LogP contribution in [0.4, 0.5) is 0 Å². The number of hydrogen-bond donors (Lipinski definition) is 0. The molecule has 1 aromatic heterocycles. The molecule has 1 nitrogen and oxygen atoms in total. The van der Waals surface area contributed by atoms with Gasteiger partial charge in [-0.15, -0.1) is 0 Å². The Balaban J connectivity index is 2.76. The fourth-order valence-electron chi connectivity index (χ4n) is 1.28. The number of nitrogens with zero attached hydrogens (tertiary/aromatic N) is 1. The summed E-state index contributed by atoms with van der Waals surface area (Å²) in [6.45, 7) is 0. The standard InChI is InChI=1S/C8H6N.CH3.Sn/c1-2-4-8-7(3-1)5-6-9-8;;/h1-6H;1H3;/q-1;;+1. The van der Waals surface area contributed by atoms with Crippen molar-refractivity contribution in [3.8, 4) is 0 Å². The number of rotatable bonds is 1. The predicted molar refractivity (Wildman–Crippen MR) is 49.0 cm³/mol. The molecule has 2 radical (unpaired) electrons. The van der Waals surface area contributed by atoms with Gasteiger partial charge >= 0.3 is 76.6 Å². The van der Waals surface area contributed by atoms with E-state index in [2.05, 4.69) is 44.3 Å². The van der Waals surface area contributed by atoms with Crippen molar-refractivity contribution in [1.29, 1.82) is 0 Å². The fraction of sp³-hybridized carbons (Fsp3) is 0.111. The van der Waals surface area contributed by atoms with Gasteiger partial charge < -0.3 is 0 Å². The summed E-state index contributed by atoms with van der Waals surface area (Å²) in [7, 11) is 0. The number of benzene rings is 1. The van der Waals surface area contributed by atoms with Crippen molar-refractivity contribution >= 4 is 32.3 Å². The van der Waals surface area contributed by atoms with Crippen LogP contribution in [0.25, 0.3) is 10.9 Å². The molecule has 2 aromatic rings. The van der Waals surface area contributed by atoms with E-state index < -0.39 is 0 Å². The van der Waals surface area contributed by atoms with Gasteiger partial charge in [-0.25, -0.2) is 0 Å². The summed E-state index contributed by atoms with van der Waals surface area (Å²) in [5, 5.41) is 1.37. The minimum absolute atomic E-state index is 0.323. The van der Waals surface area contributed by atoms with Crippen LogP contribution < -0.4 is 0 Å². The third kappa shape index (κ3) is 1.18. The summed E-state index contributed by atoms with van der Waals surface area (Å²) in [6.07, 6.45) is 2.21.